The zero-order chi connectivity index (χ0) is 17.8. The lowest BCUT2D eigenvalue weighted by Crippen LogP contribution is -2.18. The molecule has 0 amide bonds. The highest BCUT2D eigenvalue weighted by atomic mass is 35.5. The van der Waals surface area contributed by atoms with Crippen LogP contribution in [0.1, 0.15) is 28.8 Å². The minimum absolute atomic E-state index is 0.0554. The van der Waals surface area contributed by atoms with Crippen LogP contribution in [-0.4, -0.2) is 16.5 Å². The zero-order valence-electron chi connectivity index (χ0n) is 14.3. The number of benzene rings is 1. The van der Waals surface area contributed by atoms with Crippen LogP contribution < -0.4 is 11.3 Å². The van der Waals surface area contributed by atoms with Gasteiger partial charge < -0.3 is 10.7 Å². The summed E-state index contributed by atoms with van der Waals surface area (Å²) < 4.78 is 0. The summed E-state index contributed by atoms with van der Waals surface area (Å²) in [5, 5.41) is 1.74. The van der Waals surface area contributed by atoms with Crippen LogP contribution in [0, 0.1) is 6.92 Å². The lowest BCUT2D eigenvalue weighted by molar-refractivity contribution is 0.806. The van der Waals surface area contributed by atoms with Crippen molar-refractivity contribution >= 4 is 22.6 Å². The molecule has 4 nitrogen and oxygen atoms in total. The van der Waals surface area contributed by atoms with E-state index in [9.17, 15) is 4.79 Å². The number of aromatic nitrogens is 2. The van der Waals surface area contributed by atoms with E-state index in [0.717, 1.165) is 52.1 Å². The summed E-state index contributed by atoms with van der Waals surface area (Å²) in [6.07, 6.45) is 3.06. The number of aryl methyl sites for hydroxylation is 3. The second-order valence-corrected chi connectivity index (χ2v) is 6.72. The van der Waals surface area contributed by atoms with Gasteiger partial charge in [0.2, 0.25) is 0 Å². The van der Waals surface area contributed by atoms with E-state index < -0.39 is 0 Å². The van der Waals surface area contributed by atoms with Gasteiger partial charge in [-0.05, 0) is 74.5 Å². The van der Waals surface area contributed by atoms with Crippen LogP contribution in [0.4, 0.5) is 0 Å². The first-order valence-corrected chi connectivity index (χ1v) is 8.92. The SMILES string of the molecule is Cc1ccc2c(CCc3cccc(Cl)c3)c(CCCN)c(=O)[nH]c2n1. The van der Waals surface area contributed by atoms with Crippen LogP contribution >= 0.6 is 11.6 Å². The van der Waals surface area contributed by atoms with Gasteiger partial charge in [0.25, 0.3) is 5.56 Å². The Morgan fingerprint density at radius 3 is 2.72 bits per heavy atom. The second-order valence-electron chi connectivity index (χ2n) is 6.28. The van der Waals surface area contributed by atoms with Crippen LogP contribution in [0.15, 0.2) is 41.2 Å². The van der Waals surface area contributed by atoms with Gasteiger partial charge in [-0.2, -0.15) is 0 Å². The number of halogens is 1. The average Bonchev–Trinajstić information content (AvgIpc) is 2.58. The summed E-state index contributed by atoms with van der Waals surface area (Å²) in [5.41, 5.74) is 10.2. The van der Waals surface area contributed by atoms with Crippen molar-refractivity contribution in [1.29, 1.82) is 0 Å². The Balaban J connectivity index is 2.04. The summed E-state index contributed by atoms with van der Waals surface area (Å²) in [6.45, 7) is 2.49. The molecule has 0 fully saturated rings. The number of hydrogen-bond donors (Lipinski definition) is 2. The van der Waals surface area contributed by atoms with E-state index in [-0.39, 0.29) is 5.56 Å². The molecule has 130 valence electrons. The van der Waals surface area contributed by atoms with Crippen molar-refractivity contribution in [3.05, 3.63) is 74.2 Å². The van der Waals surface area contributed by atoms with E-state index in [1.54, 1.807) is 0 Å². The van der Waals surface area contributed by atoms with Gasteiger partial charge in [-0.3, -0.25) is 4.79 Å². The first kappa shape index (κ1) is 17.6. The number of fused-ring (bicyclic) bond motifs is 1. The molecule has 0 aliphatic carbocycles. The lowest BCUT2D eigenvalue weighted by atomic mass is 9.95. The van der Waals surface area contributed by atoms with Crippen LogP contribution in [0.2, 0.25) is 5.02 Å². The lowest BCUT2D eigenvalue weighted by Gasteiger charge is -2.13. The predicted molar refractivity (Wildman–Crippen MR) is 103 cm³/mol. The molecule has 2 aromatic heterocycles. The van der Waals surface area contributed by atoms with Crippen molar-refractivity contribution in [2.45, 2.75) is 32.6 Å². The zero-order valence-corrected chi connectivity index (χ0v) is 15.1. The number of nitrogens with two attached hydrogens (primary N) is 1. The van der Waals surface area contributed by atoms with Crippen molar-refractivity contribution < 1.29 is 0 Å². The summed E-state index contributed by atoms with van der Waals surface area (Å²) in [5.74, 6) is 0. The van der Waals surface area contributed by atoms with Gasteiger partial charge in [-0.15, -0.1) is 0 Å². The molecule has 0 bridgehead atoms. The number of rotatable bonds is 6. The second kappa shape index (κ2) is 7.81. The van der Waals surface area contributed by atoms with Crippen LogP contribution in [0.5, 0.6) is 0 Å². The van der Waals surface area contributed by atoms with Crippen LogP contribution in [0.25, 0.3) is 11.0 Å². The molecule has 1 aromatic carbocycles. The highest BCUT2D eigenvalue weighted by Gasteiger charge is 2.13. The third-order valence-electron chi connectivity index (χ3n) is 4.41. The van der Waals surface area contributed by atoms with E-state index >= 15 is 0 Å². The van der Waals surface area contributed by atoms with E-state index in [4.69, 9.17) is 17.3 Å². The third kappa shape index (κ3) is 4.09. The molecule has 0 saturated heterocycles. The Morgan fingerprint density at radius 2 is 1.96 bits per heavy atom. The maximum absolute atomic E-state index is 12.6. The average molecular weight is 356 g/mol. The van der Waals surface area contributed by atoms with Gasteiger partial charge in [-0.25, -0.2) is 4.98 Å². The Morgan fingerprint density at radius 1 is 1.12 bits per heavy atom. The molecule has 0 radical (unpaired) electrons. The maximum Gasteiger partial charge on any atom is 0.253 e. The molecular formula is C20H22ClN3O. The summed E-state index contributed by atoms with van der Waals surface area (Å²) in [6, 6.07) is 11.9. The Labute approximate surface area is 152 Å². The fourth-order valence-electron chi connectivity index (χ4n) is 3.17. The summed E-state index contributed by atoms with van der Waals surface area (Å²) in [7, 11) is 0. The fourth-order valence-corrected chi connectivity index (χ4v) is 3.38. The maximum atomic E-state index is 12.6. The summed E-state index contributed by atoms with van der Waals surface area (Å²) >= 11 is 6.09. The first-order valence-electron chi connectivity index (χ1n) is 8.54. The molecule has 3 N–H and O–H groups in total. The molecule has 0 atom stereocenters. The predicted octanol–water partition coefficient (Wildman–Crippen LogP) is 3.56. The molecule has 0 aliphatic rings. The first-order chi connectivity index (χ1) is 12.1. The Kier molecular flexibility index (Phi) is 5.51. The van der Waals surface area contributed by atoms with Gasteiger partial charge >= 0.3 is 0 Å². The van der Waals surface area contributed by atoms with Crippen LogP contribution in [-0.2, 0) is 19.3 Å². The number of nitrogens with one attached hydrogen (secondary N) is 1. The van der Waals surface area contributed by atoms with E-state index in [0.29, 0.717) is 18.6 Å². The van der Waals surface area contributed by atoms with Crippen molar-refractivity contribution in [2.75, 3.05) is 6.54 Å². The van der Waals surface area contributed by atoms with Crippen molar-refractivity contribution in [3.8, 4) is 0 Å². The van der Waals surface area contributed by atoms with E-state index in [2.05, 4.69) is 16.0 Å². The number of aromatic amines is 1. The fraction of sp³-hybridized carbons (Fsp3) is 0.300. The molecule has 0 saturated carbocycles. The minimum atomic E-state index is -0.0554. The molecular weight excluding hydrogens is 334 g/mol. The highest BCUT2D eigenvalue weighted by molar-refractivity contribution is 6.30. The molecule has 3 aromatic rings. The van der Waals surface area contributed by atoms with Gasteiger partial charge in [0, 0.05) is 21.7 Å². The van der Waals surface area contributed by atoms with Gasteiger partial charge in [0.1, 0.15) is 5.65 Å². The molecule has 3 rings (SSSR count). The Bertz CT molecular complexity index is 949. The molecule has 2 heterocycles. The standard InChI is InChI=1S/C20H22ClN3O/c1-13-7-9-17-16(10-8-14-4-2-5-15(21)12-14)18(6-3-11-22)20(25)24-19(17)23-13/h2,4-5,7,9,12H,3,6,8,10-11,22H2,1H3,(H,23,24,25). The molecule has 5 heteroatoms. The van der Waals surface area contributed by atoms with Crippen molar-refractivity contribution in [3.63, 3.8) is 0 Å². The number of pyridine rings is 2. The number of H-pyrrole nitrogens is 1. The minimum Gasteiger partial charge on any atom is -0.330 e. The number of nitrogens with zero attached hydrogens (tertiary/aromatic N) is 1. The molecule has 25 heavy (non-hydrogen) atoms. The Hall–Kier alpha value is -2.17. The van der Waals surface area contributed by atoms with Crippen molar-refractivity contribution in [2.24, 2.45) is 5.73 Å². The van der Waals surface area contributed by atoms with Crippen molar-refractivity contribution in [1.82, 2.24) is 9.97 Å². The quantitative estimate of drug-likeness (QED) is 0.710. The van der Waals surface area contributed by atoms with Gasteiger partial charge in [0.05, 0.1) is 0 Å². The summed E-state index contributed by atoms with van der Waals surface area (Å²) in [4.78, 5) is 20.0. The van der Waals surface area contributed by atoms with Gasteiger partial charge in [-0.1, -0.05) is 23.7 Å². The molecule has 0 spiro atoms. The monoisotopic (exact) mass is 355 g/mol. The molecule has 0 unspecified atom stereocenters. The number of hydrogen-bond acceptors (Lipinski definition) is 3. The normalized spacial score (nSPS) is 11.2. The van der Waals surface area contributed by atoms with Crippen LogP contribution in [0.3, 0.4) is 0 Å². The van der Waals surface area contributed by atoms with E-state index in [1.807, 2.05) is 37.3 Å². The molecule has 0 aliphatic heterocycles. The van der Waals surface area contributed by atoms with E-state index in [1.165, 1.54) is 0 Å². The topological polar surface area (TPSA) is 71.8 Å². The highest BCUT2D eigenvalue weighted by Crippen LogP contribution is 2.21. The van der Waals surface area contributed by atoms with Gasteiger partial charge in [0.15, 0.2) is 0 Å². The smallest absolute Gasteiger partial charge is 0.253 e. The largest absolute Gasteiger partial charge is 0.330 e. The third-order valence-corrected chi connectivity index (χ3v) is 4.65.